The Bertz CT molecular complexity index is 529. The number of allylic oxidation sites excluding steroid dienone is 2. The maximum Gasteiger partial charge on any atom is 0.228 e. The van der Waals surface area contributed by atoms with Gasteiger partial charge in [0.05, 0.1) is 13.2 Å². The summed E-state index contributed by atoms with van der Waals surface area (Å²) in [5.41, 5.74) is 0.740. The van der Waals surface area contributed by atoms with E-state index in [1.807, 2.05) is 6.92 Å². The molecule has 0 N–H and O–H groups in total. The highest BCUT2D eigenvalue weighted by atomic mass is 16.5. The number of fused-ring (bicyclic) bond motifs is 1. The van der Waals surface area contributed by atoms with E-state index in [4.69, 9.17) is 9.47 Å². The summed E-state index contributed by atoms with van der Waals surface area (Å²) < 4.78 is 10.5. The zero-order valence-corrected chi connectivity index (χ0v) is 10.4. The third-order valence-electron chi connectivity index (χ3n) is 2.60. The summed E-state index contributed by atoms with van der Waals surface area (Å²) in [6.07, 6.45) is 1.24. The monoisotopic (exact) mass is 246 g/mol. The molecule has 0 aromatic heterocycles. The molecule has 4 nitrogen and oxygen atoms in total. The Morgan fingerprint density at radius 3 is 2.39 bits per heavy atom. The lowest BCUT2D eigenvalue weighted by atomic mass is 9.93. The highest BCUT2D eigenvalue weighted by Gasteiger charge is 2.27. The third-order valence-corrected chi connectivity index (χ3v) is 2.60. The molecular formula is C14H14O4. The number of carbonyl (C=O) groups excluding carboxylic acids is 2. The van der Waals surface area contributed by atoms with E-state index in [2.05, 4.69) is 0 Å². The summed E-state index contributed by atoms with van der Waals surface area (Å²) in [5.74, 6) is 0.197. The SMILES string of the molecule is CCOC1=CC(=O)c2ccc(OCC)cc2C1=O. The lowest BCUT2D eigenvalue weighted by Crippen LogP contribution is -2.18. The van der Waals surface area contributed by atoms with Gasteiger partial charge in [-0.05, 0) is 32.0 Å². The first kappa shape index (κ1) is 12.4. The molecule has 0 bridgehead atoms. The van der Waals surface area contributed by atoms with Crippen LogP contribution in [0.1, 0.15) is 34.6 Å². The minimum absolute atomic E-state index is 0.101. The second kappa shape index (κ2) is 5.04. The summed E-state index contributed by atoms with van der Waals surface area (Å²) in [6, 6.07) is 4.89. The molecule has 0 spiro atoms. The molecule has 2 rings (SSSR count). The number of benzene rings is 1. The smallest absolute Gasteiger partial charge is 0.228 e. The minimum Gasteiger partial charge on any atom is -0.494 e. The van der Waals surface area contributed by atoms with Gasteiger partial charge in [-0.3, -0.25) is 9.59 Å². The summed E-state index contributed by atoms with van der Waals surface area (Å²) in [5, 5.41) is 0. The summed E-state index contributed by atoms with van der Waals surface area (Å²) >= 11 is 0. The molecule has 0 atom stereocenters. The number of Topliss-reactive ketones (excluding diaryl/α,β-unsaturated/α-hetero) is 1. The van der Waals surface area contributed by atoms with E-state index in [1.54, 1.807) is 25.1 Å². The minimum atomic E-state index is -0.270. The second-order valence-electron chi connectivity index (χ2n) is 3.78. The Balaban J connectivity index is 2.43. The number of ether oxygens (including phenoxy) is 2. The van der Waals surface area contributed by atoms with E-state index in [-0.39, 0.29) is 17.3 Å². The molecule has 0 saturated heterocycles. The average molecular weight is 246 g/mol. The van der Waals surface area contributed by atoms with Gasteiger partial charge in [-0.1, -0.05) is 0 Å². The molecular weight excluding hydrogens is 232 g/mol. The fourth-order valence-corrected chi connectivity index (χ4v) is 1.84. The Hall–Kier alpha value is -2.10. The molecule has 0 fully saturated rings. The van der Waals surface area contributed by atoms with E-state index in [0.717, 1.165) is 0 Å². The molecule has 1 aliphatic rings. The molecule has 0 radical (unpaired) electrons. The summed E-state index contributed by atoms with van der Waals surface area (Å²) in [6.45, 7) is 4.49. The first-order valence-corrected chi connectivity index (χ1v) is 5.87. The van der Waals surface area contributed by atoms with Crippen molar-refractivity contribution in [3.05, 3.63) is 41.2 Å². The second-order valence-corrected chi connectivity index (χ2v) is 3.78. The van der Waals surface area contributed by atoms with Crippen LogP contribution in [0.5, 0.6) is 5.75 Å². The molecule has 1 aromatic rings. The van der Waals surface area contributed by atoms with Crippen molar-refractivity contribution in [2.45, 2.75) is 13.8 Å². The zero-order chi connectivity index (χ0) is 13.1. The average Bonchev–Trinajstić information content (AvgIpc) is 2.36. The van der Waals surface area contributed by atoms with Gasteiger partial charge in [-0.2, -0.15) is 0 Å². The highest BCUT2D eigenvalue weighted by molar-refractivity contribution is 6.23. The number of hydrogen-bond donors (Lipinski definition) is 0. The molecule has 1 aliphatic carbocycles. The first-order valence-electron chi connectivity index (χ1n) is 5.87. The van der Waals surface area contributed by atoms with Crippen LogP contribution in [0.3, 0.4) is 0 Å². The first-order chi connectivity index (χ1) is 8.67. The van der Waals surface area contributed by atoms with Gasteiger partial charge in [-0.15, -0.1) is 0 Å². The van der Waals surface area contributed by atoms with Gasteiger partial charge in [0.25, 0.3) is 0 Å². The number of ketones is 2. The highest BCUT2D eigenvalue weighted by Crippen LogP contribution is 2.26. The summed E-state index contributed by atoms with van der Waals surface area (Å²) in [7, 11) is 0. The zero-order valence-electron chi connectivity index (χ0n) is 10.4. The van der Waals surface area contributed by atoms with Crippen molar-refractivity contribution in [3.8, 4) is 5.75 Å². The quantitative estimate of drug-likeness (QED) is 0.818. The van der Waals surface area contributed by atoms with Crippen LogP contribution >= 0.6 is 0 Å². The maximum absolute atomic E-state index is 12.1. The van der Waals surface area contributed by atoms with Gasteiger partial charge in [0.15, 0.2) is 11.5 Å². The number of hydrogen-bond acceptors (Lipinski definition) is 4. The molecule has 0 unspecified atom stereocenters. The molecule has 0 amide bonds. The van der Waals surface area contributed by atoms with Gasteiger partial charge in [0.2, 0.25) is 5.78 Å². The Labute approximate surface area is 105 Å². The summed E-state index contributed by atoms with van der Waals surface area (Å²) in [4.78, 5) is 23.9. The van der Waals surface area contributed by atoms with Crippen LogP contribution in [0.25, 0.3) is 0 Å². The molecule has 1 aromatic carbocycles. The van der Waals surface area contributed by atoms with Gasteiger partial charge < -0.3 is 9.47 Å². The fraction of sp³-hybridized carbons (Fsp3) is 0.286. The van der Waals surface area contributed by atoms with Crippen LogP contribution < -0.4 is 4.74 Å². The molecule has 0 saturated carbocycles. The van der Waals surface area contributed by atoms with Gasteiger partial charge in [0, 0.05) is 17.2 Å². The van der Waals surface area contributed by atoms with Crippen LogP contribution in [-0.4, -0.2) is 24.8 Å². The van der Waals surface area contributed by atoms with Crippen molar-refractivity contribution in [1.29, 1.82) is 0 Å². The van der Waals surface area contributed by atoms with E-state index >= 15 is 0 Å². The van der Waals surface area contributed by atoms with Crippen LogP contribution in [-0.2, 0) is 4.74 Å². The topological polar surface area (TPSA) is 52.6 Å². The van der Waals surface area contributed by atoms with Gasteiger partial charge >= 0.3 is 0 Å². The molecule has 18 heavy (non-hydrogen) atoms. The molecule has 0 heterocycles. The van der Waals surface area contributed by atoms with Crippen LogP contribution in [0.2, 0.25) is 0 Å². The van der Waals surface area contributed by atoms with Crippen molar-refractivity contribution in [1.82, 2.24) is 0 Å². The molecule has 0 aliphatic heterocycles. The normalized spacial score (nSPS) is 14.0. The largest absolute Gasteiger partial charge is 0.494 e. The predicted octanol–water partition coefficient (Wildman–Crippen LogP) is 2.38. The van der Waals surface area contributed by atoms with Gasteiger partial charge in [0.1, 0.15) is 5.75 Å². The lowest BCUT2D eigenvalue weighted by Gasteiger charge is -2.16. The molecule has 4 heteroatoms. The fourth-order valence-electron chi connectivity index (χ4n) is 1.84. The van der Waals surface area contributed by atoms with Crippen molar-refractivity contribution in [2.24, 2.45) is 0 Å². The Morgan fingerprint density at radius 1 is 1.00 bits per heavy atom. The van der Waals surface area contributed by atoms with Crippen LogP contribution in [0.15, 0.2) is 30.0 Å². The third kappa shape index (κ3) is 2.14. The number of carbonyl (C=O) groups is 2. The Morgan fingerprint density at radius 2 is 1.72 bits per heavy atom. The van der Waals surface area contributed by atoms with E-state index in [0.29, 0.717) is 30.1 Å². The van der Waals surface area contributed by atoms with Crippen molar-refractivity contribution in [2.75, 3.05) is 13.2 Å². The standard InChI is InChI=1S/C14H14O4/c1-3-17-9-5-6-10-11(7-9)14(16)13(18-4-2)8-12(10)15/h5-8H,3-4H2,1-2H3. The van der Waals surface area contributed by atoms with Crippen LogP contribution in [0.4, 0.5) is 0 Å². The maximum atomic E-state index is 12.1. The van der Waals surface area contributed by atoms with E-state index < -0.39 is 0 Å². The van der Waals surface area contributed by atoms with Gasteiger partial charge in [-0.25, -0.2) is 0 Å². The van der Waals surface area contributed by atoms with Crippen LogP contribution in [0, 0.1) is 0 Å². The van der Waals surface area contributed by atoms with Crippen molar-refractivity contribution in [3.63, 3.8) is 0 Å². The lowest BCUT2D eigenvalue weighted by molar-refractivity contribution is 0.0891. The van der Waals surface area contributed by atoms with E-state index in [9.17, 15) is 9.59 Å². The van der Waals surface area contributed by atoms with Crippen molar-refractivity contribution < 1.29 is 19.1 Å². The predicted molar refractivity (Wildman–Crippen MR) is 66.0 cm³/mol. The van der Waals surface area contributed by atoms with Crippen molar-refractivity contribution >= 4 is 11.6 Å². The number of rotatable bonds is 4. The van der Waals surface area contributed by atoms with E-state index in [1.165, 1.54) is 6.08 Å². The molecule has 94 valence electrons. The Kier molecular flexibility index (Phi) is 3.46.